The first kappa shape index (κ1) is 8.43. The monoisotopic (exact) mass is 130 g/mol. The van der Waals surface area contributed by atoms with E-state index in [1.807, 2.05) is 13.8 Å². The van der Waals surface area contributed by atoms with E-state index in [0.717, 1.165) is 6.41 Å². The molecule has 0 saturated heterocycles. The van der Waals surface area contributed by atoms with Gasteiger partial charge in [-0.25, -0.2) is 0 Å². The number of nitrogens with two attached hydrogens (primary N) is 1. The van der Waals surface area contributed by atoms with Crippen molar-refractivity contribution in [2.75, 3.05) is 13.6 Å². The molecule has 0 aliphatic rings. The predicted octanol–water partition coefficient (Wildman–Crippen LogP) is -0.188. The van der Waals surface area contributed by atoms with Crippen molar-refractivity contribution in [3.05, 3.63) is 0 Å². The summed E-state index contributed by atoms with van der Waals surface area (Å²) in [4.78, 5) is 11.6. The van der Waals surface area contributed by atoms with Gasteiger partial charge < -0.3 is 10.6 Å². The average Bonchev–Trinajstić information content (AvgIpc) is 1.62. The molecular weight excluding hydrogens is 116 g/mol. The summed E-state index contributed by atoms with van der Waals surface area (Å²) in [6.45, 7) is 4.36. The first-order valence-electron chi connectivity index (χ1n) is 2.90. The third-order valence-electron chi connectivity index (χ3n) is 0.837. The lowest BCUT2D eigenvalue weighted by Gasteiger charge is -2.22. The largest absolute Gasteiger partial charge is 0.347 e. The van der Waals surface area contributed by atoms with Gasteiger partial charge in [0, 0.05) is 19.1 Å². The molecule has 0 spiro atoms. The van der Waals surface area contributed by atoms with Gasteiger partial charge in [-0.3, -0.25) is 4.79 Å². The summed E-state index contributed by atoms with van der Waals surface area (Å²) >= 11 is 0. The predicted molar refractivity (Wildman–Crippen MR) is 37.0 cm³/mol. The van der Waals surface area contributed by atoms with Gasteiger partial charge in [0.25, 0.3) is 0 Å². The molecule has 0 aromatic carbocycles. The second-order valence-electron chi connectivity index (χ2n) is 3.01. The van der Waals surface area contributed by atoms with Crippen LogP contribution in [0.1, 0.15) is 13.8 Å². The lowest BCUT2D eigenvalue weighted by Crippen LogP contribution is -2.43. The molecule has 0 saturated carbocycles. The standard InChI is InChI=1S/C6H14N2O/c1-6(2,7)4-8(3)5-9/h5H,4,7H2,1-3H3. The summed E-state index contributed by atoms with van der Waals surface area (Å²) in [6.07, 6.45) is 0.772. The van der Waals surface area contributed by atoms with Crippen LogP contribution in [0.15, 0.2) is 0 Å². The molecule has 0 aromatic heterocycles. The molecule has 1 amide bonds. The molecule has 3 nitrogen and oxygen atoms in total. The highest BCUT2D eigenvalue weighted by Gasteiger charge is 2.11. The fourth-order valence-corrected chi connectivity index (χ4v) is 0.680. The fourth-order valence-electron chi connectivity index (χ4n) is 0.680. The van der Waals surface area contributed by atoms with Gasteiger partial charge in [-0.2, -0.15) is 0 Å². The van der Waals surface area contributed by atoms with Crippen molar-refractivity contribution in [3.63, 3.8) is 0 Å². The summed E-state index contributed by atoms with van der Waals surface area (Å²) in [5, 5.41) is 0. The van der Waals surface area contributed by atoms with Crippen molar-refractivity contribution in [1.29, 1.82) is 0 Å². The van der Waals surface area contributed by atoms with E-state index in [2.05, 4.69) is 0 Å². The number of amides is 1. The second-order valence-corrected chi connectivity index (χ2v) is 3.01. The van der Waals surface area contributed by atoms with Crippen LogP contribution in [0.4, 0.5) is 0 Å². The number of rotatable bonds is 3. The van der Waals surface area contributed by atoms with Gasteiger partial charge in [-0.05, 0) is 13.8 Å². The highest BCUT2D eigenvalue weighted by atomic mass is 16.1. The first-order valence-corrected chi connectivity index (χ1v) is 2.90. The Bertz CT molecular complexity index is 95.7. The maximum atomic E-state index is 10.1. The van der Waals surface area contributed by atoms with Crippen molar-refractivity contribution in [2.24, 2.45) is 5.73 Å². The molecule has 0 rings (SSSR count). The Labute approximate surface area is 55.8 Å². The Balaban J connectivity index is 3.59. The Kier molecular flexibility index (Phi) is 2.65. The zero-order chi connectivity index (χ0) is 7.49. The molecule has 0 unspecified atom stereocenters. The van der Waals surface area contributed by atoms with E-state index in [1.165, 1.54) is 4.90 Å². The van der Waals surface area contributed by atoms with Gasteiger partial charge in [-0.15, -0.1) is 0 Å². The van der Waals surface area contributed by atoms with Crippen molar-refractivity contribution in [3.8, 4) is 0 Å². The lowest BCUT2D eigenvalue weighted by molar-refractivity contribution is -0.117. The Morgan fingerprint density at radius 3 is 2.22 bits per heavy atom. The molecule has 0 aromatic rings. The van der Waals surface area contributed by atoms with Gasteiger partial charge in [-0.1, -0.05) is 0 Å². The fraction of sp³-hybridized carbons (Fsp3) is 0.833. The minimum absolute atomic E-state index is 0.282. The van der Waals surface area contributed by atoms with Crippen molar-refractivity contribution < 1.29 is 4.79 Å². The molecule has 0 bridgehead atoms. The highest BCUT2D eigenvalue weighted by Crippen LogP contribution is 1.96. The van der Waals surface area contributed by atoms with E-state index in [4.69, 9.17) is 5.73 Å². The normalized spacial score (nSPS) is 11.1. The van der Waals surface area contributed by atoms with Crippen LogP contribution in [0, 0.1) is 0 Å². The van der Waals surface area contributed by atoms with Crippen LogP contribution in [0.2, 0.25) is 0 Å². The smallest absolute Gasteiger partial charge is 0.209 e. The summed E-state index contributed by atoms with van der Waals surface area (Å²) in [7, 11) is 1.71. The number of hydrogen-bond donors (Lipinski definition) is 1. The molecule has 0 fully saturated rings. The SMILES string of the molecule is CN(C=O)CC(C)(C)N. The average molecular weight is 130 g/mol. The van der Waals surface area contributed by atoms with Crippen LogP contribution in [0.25, 0.3) is 0 Å². The van der Waals surface area contributed by atoms with Crippen LogP contribution < -0.4 is 5.73 Å². The molecule has 0 aliphatic heterocycles. The van der Waals surface area contributed by atoms with E-state index in [9.17, 15) is 4.79 Å². The van der Waals surface area contributed by atoms with Crippen molar-refractivity contribution in [1.82, 2.24) is 4.90 Å². The Morgan fingerprint density at radius 2 is 2.11 bits per heavy atom. The molecule has 54 valence electrons. The van der Waals surface area contributed by atoms with Crippen LogP contribution in [0.3, 0.4) is 0 Å². The number of carbonyl (C=O) groups is 1. The van der Waals surface area contributed by atoms with Crippen LogP contribution in [0.5, 0.6) is 0 Å². The van der Waals surface area contributed by atoms with E-state index >= 15 is 0 Å². The molecule has 0 aliphatic carbocycles. The van der Waals surface area contributed by atoms with Gasteiger partial charge in [0.05, 0.1) is 0 Å². The number of likely N-dealkylation sites (N-methyl/N-ethyl adjacent to an activating group) is 1. The van der Waals surface area contributed by atoms with Gasteiger partial charge in [0.15, 0.2) is 0 Å². The van der Waals surface area contributed by atoms with Crippen molar-refractivity contribution in [2.45, 2.75) is 19.4 Å². The third kappa shape index (κ3) is 5.30. The maximum absolute atomic E-state index is 10.1. The van der Waals surface area contributed by atoms with Crippen LogP contribution >= 0.6 is 0 Å². The second kappa shape index (κ2) is 2.82. The van der Waals surface area contributed by atoms with E-state index < -0.39 is 0 Å². The van der Waals surface area contributed by atoms with Crippen molar-refractivity contribution >= 4 is 6.41 Å². The summed E-state index contributed by atoms with van der Waals surface area (Å²) < 4.78 is 0. The van der Waals surface area contributed by atoms with E-state index in [0.29, 0.717) is 6.54 Å². The highest BCUT2D eigenvalue weighted by molar-refractivity contribution is 5.46. The summed E-state index contributed by atoms with van der Waals surface area (Å²) in [5.74, 6) is 0. The van der Waals surface area contributed by atoms with Gasteiger partial charge in [0.1, 0.15) is 0 Å². The Hall–Kier alpha value is -0.570. The topological polar surface area (TPSA) is 46.3 Å². The number of nitrogens with zero attached hydrogens (tertiary/aromatic N) is 1. The molecule has 0 atom stereocenters. The summed E-state index contributed by atoms with van der Waals surface area (Å²) in [5.41, 5.74) is 5.33. The minimum Gasteiger partial charge on any atom is -0.347 e. The van der Waals surface area contributed by atoms with Gasteiger partial charge >= 0.3 is 0 Å². The van der Waals surface area contributed by atoms with Crippen LogP contribution in [-0.2, 0) is 4.79 Å². The molecule has 0 radical (unpaired) electrons. The summed E-state index contributed by atoms with van der Waals surface area (Å²) in [6, 6.07) is 0. The Morgan fingerprint density at radius 1 is 1.67 bits per heavy atom. The van der Waals surface area contributed by atoms with E-state index in [1.54, 1.807) is 7.05 Å². The first-order chi connectivity index (χ1) is 3.95. The number of carbonyl (C=O) groups excluding carboxylic acids is 1. The maximum Gasteiger partial charge on any atom is 0.209 e. The zero-order valence-electron chi connectivity index (χ0n) is 6.22. The van der Waals surface area contributed by atoms with Crippen LogP contribution in [-0.4, -0.2) is 30.4 Å². The zero-order valence-corrected chi connectivity index (χ0v) is 6.22. The minimum atomic E-state index is -0.282. The quantitative estimate of drug-likeness (QED) is 0.538. The number of hydrogen-bond acceptors (Lipinski definition) is 2. The molecule has 9 heavy (non-hydrogen) atoms. The molecule has 0 heterocycles. The molecule has 3 heteroatoms. The van der Waals surface area contributed by atoms with Gasteiger partial charge in [0.2, 0.25) is 6.41 Å². The molecule has 2 N–H and O–H groups in total. The third-order valence-corrected chi connectivity index (χ3v) is 0.837. The lowest BCUT2D eigenvalue weighted by atomic mass is 10.1. The van der Waals surface area contributed by atoms with E-state index in [-0.39, 0.29) is 5.54 Å². The molecular formula is C6H14N2O.